The minimum Gasteiger partial charge on any atom is -0.376 e. The lowest BCUT2D eigenvalue weighted by atomic mass is 9.46. The third kappa shape index (κ3) is 5.01. The Hall–Kier alpha value is -7.30. The first-order valence-electron chi connectivity index (χ1n) is 20.4. The fourth-order valence-electron chi connectivity index (χ4n) is 9.91. The summed E-state index contributed by atoms with van der Waals surface area (Å²) in [5.74, 6) is 0. The minimum absolute atomic E-state index is 0.00746. The lowest BCUT2D eigenvalue weighted by Crippen LogP contribution is -2.57. The van der Waals surface area contributed by atoms with Crippen molar-refractivity contribution < 1.29 is 0 Å². The molecule has 12 rings (SSSR count). The van der Waals surface area contributed by atoms with Gasteiger partial charge >= 0.3 is 6.85 Å². The Kier molecular flexibility index (Phi) is 7.46. The van der Waals surface area contributed by atoms with Crippen molar-refractivity contribution in [3.63, 3.8) is 0 Å². The molecular weight excluding hydrogens is 701 g/mol. The van der Waals surface area contributed by atoms with Gasteiger partial charge in [-0.3, -0.25) is 0 Å². The van der Waals surface area contributed by atoms with Gasteiger partial charge in [-0.05, 0) is 107 Å². The van der Waals surface area contributed by atoms with Gasteiger partial charge in [-0.2, -0.15) is 0 Å². The van der Waals surface area contributed by atoms with E-state index >= 15 is 0 Å². The van der Waals surface area contributed by atoms with E-state index in [0.29, 0.717) is 0 Å². The van der Waals surface area contributed by atoms with Crippen LogP contribution in [0.1, 0.15) is 17.7 Å². The number of benzene rings is 8. The molecule has 4 heteroatoms. The molecular formula is C54H38BN3. The van der Waals surface area contributed by atoms with Crippen LogP contribution < -0.4 is 15.7 Å². The number of aromatic nitrogens is 2. The monoisotopic (exact) mass is 739 g/mol. The molecule has 3 nitrogen and oxygen atoms in total. The van der Waals surface area contributed by atoms with Crippen LogP contribution in [0.4, 0.5) is 11.4 Å². The van der Waals surface area contributed by atoms with E-state index < -0.39 is 0 Å². The largest absolute Gasteiger partial charge is 0.376 e. The molecule has 272 valence electrons. The molecule has 2 aliphatic rings. The van der Waals surface area contributed by atoms with Crippen LogP contribution in [-0.4, -0.2) is 16.0 Å². The molecule has 8 aromatic carbocycles. The fraction of sp³-hybridized carbons (Fsp3) is 0.0370. The molecule has 2 aromatic heterocycles. The maximum atomic E-state index is 2.55. The highest BCUT2D eigenvalue weighted by Gasteiger charge is 2.37. The first-order chi connectivity index (χ1) is 28.8. The van der Waals surface area contributed by atoms with Gasteiger partial charge < -0.3 is 13.9 Å². The summed E-state index contributed by atoms with van der Waals surface area (Å²) in [5.41, 5.74) is 18.6. The fourth-order valence-corrected chi connectivity index (χ4v) is 9.91. The third-order valence-corrected chi connectivity index (χ3v) is 12.4. The van der Waals surface area contributed by atoms with E-state index in [2.05, 4.69) is 220 Å². The first kappa shape index (κ1) is 32.9. The Morgan fingerprint density at radius 3 is 1.98 bits per heavy atom. The van der Waals surface area contributed by atoms with E-state index in [9.17, 15) is 0 Å². The highest BCUT2D eigenvalue weighted by atomic mass is 15.1. The van der Waals surface area contributed by atoms with Crippen LogP contribution in [0.15, 0.2) is 200 Å². The summed E-state index contributed by atoms with van der Waals surface area (Å²) in [6.07, 6.45) is 6.79. The van der Waals surface area contributed by atoms with Gasteiger partial charge in [0, 0.05) is 50.2 Å². The topological polar surface area (TPSA) is 13.1 Å². The molecule has 10 aromatic rings. The van der Waals surface area contributed by atoms with Crippen molar-refractivity contribution in [1.82, 2.24) is 9.13 Å². The second-order valence-corrected chi connectivity index (χ2v) is 15.6. The van der Waals surface area contributed by atoms with E-state index in [1.165, 1.54) is 88.5 Å². The SMILES string of the molecule is C1=Cc2c(c3ccccc3n2-c2ccc3c(c2)c2cc(-c4ccccc4)ccc2n3-c2cccc(N3B(c4ccccc4)c4ccccc4-c4ccccc43)c2)CC1. The number of fused-ring (bicyclic) bond motifs is 9. The summed E-state index contributed by atoms with van der Waals surface area (Å²) >= 11 is 0. The number of aryl methyl sites for hydroxylation is 1. The highest BCUT2D eigenvalue weighted by Crippen LogP contribution is 2.42. The molecule has 0 saturated carbocycles. The molecule has 3 heterocycles. The standard InChI is InChI=1S/C54H38BN3/c1-3-16-37(17-4-1)38-30-32-52-47(34-38)48-36-41(57-50-27-12-8-24-45(50)46-25-9-13-28-51(46)57)31-33-53(48)56(52)40-20-15-21-42(35-40)58-54-29-14-10-23-44(54)43-22-7-11-26-49(43)55(58)39-18-5-2-6-19-39/h1-8,10-24,26-36H,9,25H2. The number of nitrogens with zero attached hydrogens (tertiary/aromatic N) is 3. The normalized spacial score (nSPS) is 13.2. The molecule has 0 amide bonds. The van der Waals surface area contributed by atoms with Crippen LogP contribution in [0.25, 0.3) is 72.4 Å². The molecule has 0 bridgehead atoms. The van der Waals surface area contributed by atoms with E-state index in [1.54, 1.807) is 0 Å². The zero-order valence-corrected chi connectivity index (χ0v) is 32.0. The van der Waals surface area contributed by atoms with Crippen molar-refractivity contribution in [2.24, 2.45) is 0 Å². The van der Waals surface area contributed by atoms with E-state index in [1.807, 2.05) is 0 Å². The van der Waals surface area contributed by atoms with Crippen LogP contribution in [0.2, 0.25) is 0 Å². The quantitative estimate of drug-likeness (QED) is 0.160. The summed E-state index contributed by atoms with van der Waals surface area (Å²) in [7, 11) is 0. The Labute approximate surface area is 338 Å². The van der Waals surface area contributed by atoms with Gasteiger partial charge in [-0.1, -0.05) is 145 Å². The summed E-state index contributed by atoms with van der Waals surface area (Å²) < 4.78 is 4.94. The van der Waals surface area contributed by atoms with Gasteiger partial charge in [0.2, 0.25) is 0 Å². The zero-order valence-electron chi connectivity index (χ0n) is 32.0. The van der Waals surface area contributed by atoms with Gasteiger partial charge in [0.15, 0.2) is 0 Å². The van der Waals surface area contributed by atoms with Gasteiger partial charge in [0.05, 0.1) is 16.6 Å². The molecule has 0 atom stereocenters. The molecule has 0 spiro atoms. The predicted octanol–water partition coefficient (Wildman–Crippen LogP) is 12.3. The van der Waals surface area contributed by atoms with Crippen molar-refractivity contribution in [3.05, 3.63) is 211 Å². The highest BCUT2D eigenvalue weighted by molar-refractivity contribution is 6.90. The van der Waals surface area contributed by atoms with Gasteiger partial charge in [0.25, 0.3) is 0 Å². The van der Waals surface area contributed by atoms with Crippen LogP contribution in [-0.2, 0) is 6.42 Å². The van der Waals surface area contributed by atoms with Crippen LogP contribution in [0.5, 0.6) is 0 Å². The van der Waals surface area contributed by atoms with E-state index in [0.717, 1.165) is 24.2 Å². The lowest BCUT2D eigenvalue weighted by Gasteiger charge is -2.39. The predicted molar refractivity (Wildman–Crippen MR) is 246 cm³/mol. The lowest BCUT2D eigenvalue weighted by molar-refractivity contribution is 0.968. The zero-order chi connectivity index (χ0) is 38.2. The molecule has 1 aliphatic carbocycles. The first-order valence-corrected chi connectivity index (χ1v) is 20.4. The maximum Gasteiger partial charge on any atom is 0.328 e. The molecule has 0 fully saturated rings. The molecule has 0 unspecified atom stereocenters. The number of hydrogen-bond donors (Lipinski definition) is 0. The second-order valence-electron chi connectivity index (χ2n) is 15.6. The summed E-state index contributed by atoms with van der Waals surface area (Å²) in [6.45, 7) is 0.00746. The molecule has 0 radical (unpaired) electrons. The van der Waals surface area contributed by atoms with Crippen molar-refractivity contribution >= 4 is 67.9 Å². The Morgan fingerprint density at radius 1 is 0.431 bits per heavy atom. The number of para-hydroxylation sites is 2. The van der Waals surface area contributed by atoms with E-state index in [4.69, 9.17) is 0 Å². The number of allylic oxidation sites excluding steroid dienone is 1. The van der Waals surface area contributed by atoms with Gasteiger partial charge in [-0.25, -0.2) is 0 Å². The van der Waals surface area contributed by atoms with Crippen molar-refractivity contribution in [2.75, 3.05) is 4.81 Å². The van der Waals surface area contributed by atoms with Crippen molar-refractivity contribution in [1.29, 1.82) is 0 Å². The molecule has 58 heavy (non-hydrogen) atoms. The van der Waals surface area contributed by atoms with Crippen LogP contribution in [0, 0.1) is 0 Å². The third-order valence-electron chi connectivity index (χ3n) is 12.4. The summed E-state index contributed by atoms with van der Waals surface area (Å²) in [6, 6.07) is 71.6. The van der Waals surface area contributed by atoms with Gasteiger partial charge in [0.1, 0.15) is 0 Å². The number of rotatable bonds is 5. The molecule has 0 N–H and O–H groups in total. The number of anilines is 2. The maximum absolute atomic E-state index is 2.55. The average molecular weight is 740 g/mol. The van der Waals surface area contributed by atoms with Crippen molar-refractivity contribution in [3.8, 4) is 33.6 Å². The second kappa shape index (κ2) is 13.1. The van der Waals surface area contributed by atoms with Crippen LogP contribution >= 0.6 is 0 Å². The molecule has 1 aliphatic heterocycles. The smallest absolute Gasteiger partial charge is 0.328 e. The molecule has 0 saturated heterocycles. The van der Waals surface area contributed by atoms with E-state index in [-0.39, 0.29) is 6.85 Å². The summed E-state index contributed by atoms with van der Waals surface area (Å²) in [5, 5.41) is 3.83. The van der Waals surface area contributed by atoms with Gasteiger partial charge in [-0.15, -0.1) is 0 Å². The number of hydrogen-bond acceptors (Lipinski definition) is 1. The Bertz CT molecular complexity index is 3240. The average Bonchev–Trinajstić information content (AvgIpc) is 3.81. The Morgan fingerprint density at radius 2 is 1.10 bits per heavy atom. The minimum atomic E-state index is 0.00746. The van der Waals surface area contributed by atoms with Crippen molar-refractivity contribution in [2.45, 2.75) is 12.8 Å². The van der Waals surface area contributed by atoms with Crippen LogP contribution in [0.3, 0.4) is 0 Å². The summed E-state index contributed by atoms with van der Waals surface area (Å²) in [4.78, 5) is 2.55. The Balaban J connectivity index is 1.09.